The van der Waals surface area contributed by atoms with Crippen molar-refractivity contribution in [1.82, 2.24) is 9.47 Å². The molecule has 1 atom stereocenters. The Hall–Kier alpha value is -2.86. The molecule has 0 saturated heterocycles. The van der Waals surface area contributed by atoms with Crippen LogP contribution < -0.4 is 5.32 Å². The van der Waals surface area contributed by atoms with Gasteiger partial charge in [0, 0.05) is 42.4 Å². The maximum Gasteiger partial charge on any atom is 0.259 e. The number of hydrogen-bond donors (Lipinski definition) is 1. The normalized spacial score (nSPS) is 18.4. The second kappa shape index (κ2) is 6.59. The Bertz CT molecular complexity index is 1170. The standard InChI is InChI=1S/C23H23N3O2S/c1-13(2)9-25-10-16-20(15-7-8-29-12-15)22-18(11-26(14(3)27)23(22)28)24-17-5-4-6-19(25)21(16)17/h4-8,10,12-13,20,24H,9,11H2,1-3H3/t20-/m1/s1. The molecule has 1 aromatic carbocycles. The van der Waals surface area contributed by atoms with E-state index in [1.807, 2.05) is 5.38 Å². The Morgan fingerprint density at radius 1 is 1.31 bits per heavy atom. The summed E-state index contributed by atoms with van der Waals surface area (Å²) in [5.74, 6) is -0.0765. The molecule has 2 amide bonds. The summed E-state index contributed by atoms with van der Waals surface area (Å²) in [7, 11) is 0. The van der Waals surface area contributed by atoms with Crippen LogP contribution in [0.15, 0.2) is 52.5 Å². The Morgan fingerprint density at radius 3 is 2.83 bits per heavy atom. The molecule has 0 radical (unpaired) electrons. The van der Waals surface area contributed by atoms with Crippen LogP contribution in [0.3, 0.4) is 0 Å². The van der Waals surface area contributed by atoms with Crippen LogP contribution >= 0.6 is 11.3 Å². The summed E-state index contributed by atoms with van der Waals surface area (Å²) < 4.78 is 2.30. The van der Waals surface area contributed by atoms with Crippen molar-refractivity contribution >= 4 is 39.7 Å². The summed E-state index contributed by atoms with van der Waals surface area (Å²) in [6.07, 6.45) is 2.21. The lowest BCUT2D eigenvalue weighted by molar-refractivity contribution is -0.139. The average Bonchev–Trinajstić information content (AvgIpc) is 3.36. The average molecular weight is 406 g/mol. The monoisotopic (exact) mass is 405 g/mol. The van der Waals surface area contributed by atoms with Gasteiger partial charge >= 0.3 is 0 Å². The van der Waals surface area contributed by atoms with E-state index in [1.54, 1.807) is 11.3 Å². The number of thiophene rings is 1. The fourth-order valence-corrected chi connectivity index (χ4v) is 5.29. The van der Waals surface area contributed by atoms with Gasteiger partial charge in [0.25, 0.3) is 5.91 Å². The van der Waals surface area contributed by atoms with Gasteiger partial charge in [0.1, 0.15) is 0 Å². The lowest BCUT2D eigenvalue weighted by Gasteiger charge is -2.18. The fourth-order valence-electron chi connectivity index (χ4n) is 4.60. The molecule has 6 heteroatoms. The van der Waals surface area contributed by atoms with Crippen LogP contribution in [0.1, 0.15) is 37.8 Å². The van der Waals surface area contributed by atoms with E-state index in [1.165, 1.54) is 22.7 Å². The molecular weight excluding hydrogens is 382 g/mol. The number of nitrogens with zero attached hydrogens (tertiary/aromatic N) is 2. The van der Waals surface area contributed by atoms with Crippen molar-refractivity contribution in [2.75, 3.05) is 11.9 Å². The molecular formula is C23H23N3O2S. The van der Waals surface area contributed by atoms with E-state index < -0.39 is 0 Å². The quantitative estimate of drug-likeness (QED) is 0.695. The first-order valence-electron chi connectivity index (χ1n) is 9.92. The summed E-state index contributed by atoms with van der Waals surface area (Å²) in [6.45, 7) is 7.09. The molecule has 5 nitrogen and oxygen atoms in total. The van der Waals surface area contributed by atoms with Crippen LogP contribution in [-0.2, 0) is 16.1 Å². The topological polar surface area (TPSA) is 54.3 Å². The second-order valence-electron chi connectivity index (χ2n) is 8.25. The highest BCUT2D eigenvalue weighted by Gasteiger charge is 2.41. The number of carbonyl (C=O) groups excluding carboxylic acids is 2. The summed E-state index contributed by atoms with van der Waals surface area (Å²) in [6, 6.07) is 8.35. The smallest absolute Gasteiger partial charge is 0.259 e. The molecule has 2 aromatic heterocycles. The third-order valence-electron chi connectivity index (χ3n) is 5.76. The molecule has 2 aliphatic heterocycles. The molecule has 148 valence electrons. The Kier molecular flexibility index (Phi) is 4.13. The van der Waals surface area contributed by atoms with Gasteiger partial charge < -0.3 is 9.88 Å². The number of benzene rings is 1. The van der Waals surface area contributed by atoms with E-state index in [2.05, 4.69) is 59.6 Å². The van der Waals surface area contributed by atoms with Crippen molar-refractivity contribution in [3.63, 3.8) is 0 Å². The van der Waals surface area contributed by atoms with Crippen molar-refractivity contribution in [3.05, 3.63) is 63.6 Å². The molecule has 3 aromatic rings. The van der Waals surface area contributed by atoms with Crippen molar-refractivity contribution in [1.29, 1.82) is 0 Å². The minimum absolute atomic E-state index is 0.180. The number of aromatic nitrogens is 1. The van der Waals surface area contributed by atoms with Gasteiger partial charge in [-0.05, 0) is 46.0 Å². The van der Waals surface area contributed by atoms with Crippen molar-refractivity contribution in [2.24, 2.45) is 5.92 Å². The van der Waals surface area contributed by atoms with Crippen LogP contribution in [0.2, 0.25) is 0 Å². The van der Waals surface area contributed by atoms with Crippen molar-refractivity contribution in [3.8, 4) is 0 Å². The minimum Gasteiger partial charge on any atom is -0.356 e. The molecule has 2 aliphatic rings. The minimum atomic E-state index is -0.218. The van der Waals surface area contributed by atoms with Crippen LogP contribution in [0.5, 0.6) is 0 Å². The number of rotatable bonds is 3. The number of amides is 2. The molecule has 4 heterocycles. The van der Waals surface area contributed by atoms with Gasteiger partial charge in [-0.1, -0.05) is 19.9 Å². The highest BCUT2D eigenvalue weighted by molar-refractivity contribution is 7.08. The highest BCUT2D eigenvalue weighted by Crippen LogP contribution is 2.46. The SMILES string of the molecule is CC(=O)N1CC2=C(C1=O)[C@H](c1ccsc1)c1cn(CC(C)C)c3cccc(c13)N2. The summed E-state index contributed by atoms with van der Waals surface area (Å²) in [4.78, 5) is 26.7. The molecule has 0 unspecified atom stereocenters. The molecule has 1 N–H and O–H groups in total. The molecule has 0 spiro atoms. The predicted octanol–water partition coefficient (Wildman–Crippen LogP) is 4.56. The number of imide groups is 1. The first kappa shape index (κ1) is 18.2. The maximum absolute atomic E-state index is 13.3. The van der Waals surface area contributed by atoms with Crippen LogP contribution in [-0.4, -0.2) is 27.8 Å². The predicted molar refractivity (Wildman–Crippen MR) is 116 cm³/mol. The summed E-state index contributed by atoms with van der Waals surface area (Å²) in [5, 5.41) is 8.84. The van der Waals surface area contributed by atoms with E-state index in [0.717, 1.165) is 29.1 Å². The molecule has 0 aliphatic carbocycles. The highest BCUT2D eigenvalue weighted by atomic mass is 32.1. The van der Waals surface area contributed by atoms with E-state index in [4.69, 9.17) is 0 Å². The summed E-state index contributed by atoms with van der Waals surface area (Å²) >= 11 is 1.63. The van der Waals surface area contributed by atoms with Crippen LogP contribution in [0, 0.1) is 5.92 Å². The Morgan fingerprint density at radius 2 is 2.14 bits per heavy atom. The van der Waals surface area contributed by atoms with Gasteiger partial charge in [0.15, 0.2) is 0 Å². The van der Waals surface area contributed by atoms with Crippen molar-refractivity contribution < 1.29 is 9.59 Å². The van der Waals surface area contributed by atoms with Gasteiger partial charge in [-0.3, -0.25) is 14.5 Å². The molecule has 5 rings (SSSR count). The first-order chi connectivity index (χ1) is 14.0. The summed E-state index contributed by atoms with van der Waals surface area (Å²) in [5.41, 5.74) is 5.94. The molecule has 0 fully saturated rings. The third kappa shape index (κ3) is 2.74. The largest absolute Gasteiger partial charge is 0.356 e. The number of anilines is 1. The van der Waals surface area contributed by atoms with Gasteiger partial charge in [-0.2, -0.15) is 11.3 Å². The van der Waals surface area contributed by atoms with Gasteiger partial charge in [-0.15, -0.1) is 0 Å². The number of hydrogen-bond acceptors (Lipinski definition) is 4. The number of carbonyl (C=O) groups is 2. The molecule has 0 bridgehead atoms. The lowest BCUT2D eigenvalue weighted by Crippen LogP contribution is -2.33. The number of nitrogens with one attached hydrogen (secondary N) is 1. The molecule has 29 heavy (non-hydrogen) atoms. The van der Waals surface area contributed by atoms with E-state index in [-0.39, 0.29) is 17.7 Å². The maximum atomic E-state index is 13.3. The third-order valence-corrected chi connectivity index (χ3v) is 6.46. The first-order valence-corrected chi connectivity index (χ1v) is 10.9. The second-order valence-corrected chi connectivity index (χ2v) is 9.03. The zero-order chi connectivity index (χ0) is 20.3. The Balaban J connectivity index is 1.78. The van der Waals surface area contributed by atoms with Gasteiger partial charge in [0.05, 0.1) is 17.6 Å². The van der Waals surface area contributed by atoms with Crippen LogP contribution in [0.4, 0.5) is 5.69 Å². The van der Waals surface area contributed by atoms with E-state index in [9.17, 15) is 9.59 Å². The Labute approximate surface area is 173 Å². The van der Waals surface area contributed by atoms with Gasteiger partial charge in [-0.25, -0.2) is 0 Å². The zero-order valence-corrected chi connectivity index (χ0v) is 17.5. The lowest BCUT2D eigenvalue weighted by atomic mass is 9.86. The van der Waals surface area contributed by atoms with Gasteiger partial charge in [0.2, 0.25) is 5.91 Å². The van der Waals surface area contributed by atoms with Crippen LogP contribution in [0.25, 0.3) is 10.9 Å². The van der Waals surface area contributed by atoms with E-state index in [0.29, 0.717) is 18.0 Å². The van der Waals surface area contributed by atoms with E-state index >= 15 is 0 Å². The zero-order valence-electron chi connectivity index (χ0n) is 16.7. The molecule has 0 saturated carbocycles. The van der Waals surface area contributed by atoms with Crippen molar-refractivity contribution in [2.45, 2.75) is 33.2 Å². The fraction of sp³-hybridized carbons (Fsp3) is 0.304.